The first-order valence-electron chi connectivity index (χ1n) is 26.1. The summed E-state index contributed by atoms with van der Waals surface area (Å²) in [6.45, 7) is 9.49. The van der Waals surface area contributed by atoms with Crippen LogP contribution in [0.5, 0.6) is 0 Å². The van der Waals surface area contributed by atoms with E-state index >= 15 is 0 Å². The molecule has 0 aromatic heterocycles. The molecule has 3 unspecified atom stereocenters. The van der Waals surface area contributed by atoms with Gasteiger partial charge in [-0.2, -0.15) is 4.79 Å². The molecule has 2 heterocycles. The standard InChI is InChI=1S/C56H79N5O13/c1-56(2,3)50(53(65)66)72-35-34-71-33-32-70-31-30-69-29-25-59-51(63)47(36-41-16-8-4-9-17-41)60-52(64)49(57)46(54(67)73-39-42-18-10-5-11-19-42)37-44-38-58-24-22-45(44)48(62)23-28-61(26-14-7-15-27-61)55(68)74-40-43-20-12-6-13-21-43/h4-6,8-13,16-21,44-47,49-50,58H,7,14-15,22-40,57H2,1-3H3,(H2-,59,60,63,64,65,66)/t44?,45-,46?,47+,49+,50?/m1/s1. The van der Waals surface area contributed by atoms with Crippen LogP contribution in [0.1, 0.15) is 76.0 Å². The van der Waals surface area contributed by atoms with Gasteiger partial charge in [-0.15, -0.1) is 0 Å². The molecule has 18 nitrogen and oxygen atoms in total. The van der Waals surface area contributed by atoms with Crippen LogP contribution in [0.3, 0.4) is 0 Å². The molecule has 5 N–H and O–H groups in total. The van der Waals surface area contributed by atoms with Crippen LogP contribution in [0.15, 0.2) is 91.0 Å². The molecular weight excluding hydrogens is 951 g/mol. The zero-order valence-corrected chi connectivity index (χ0v) is 43.5. The molecule has 0 spiro atoms. The summed E-state index contributed by atoms with van der Waals surface area (Å²) in [4.78, 5) is 81.7. The van der Waals surface area contributed by atoms with Crippen molar-refractivity contribution in [2.24, 2.45) is 28.9 Å². The number of hydrogen-bond acceptors (Lipinski definition) is 15. The molecule has 6 atom stereocenters. The van der Waals surface area contributed by atoms with Gasteiger partial charge in [0, 0.05) is 18.9 Å². The number of piperidine rings is 2. The molecule has 0 saturated carbocycles. The number of carboxylic acids is 1. The quantitative estimate of drug-likeness (QED) is 0.0409. The molecule has 3 aromatic carbocycles. The van der Waals surface area contributed by atoms with Gasteiger partial charge in [-0.3, -0.25) is 19.2 Å². The van der Waals surface area contributed by atoms with E-state index in [4.69, 9.17) is 34.2 Å². The number of carbonyl (C=O) groups is 6. The number of nitrogens with one attached hydrogen (secondary N) is 3. The Hall–Kier alpha value is -5.60. The molecular formula is C56H79N5O13. The molecule has 74 heavy (non-hydrogen) atoms. The molecule has 18 heteroatoms. The van der Waals surface area contributed by atoms with Gasteiger partial charge in [-0.25, -0.2) is 4.48 Å². The Labute approximate surface area is 436 Å². The average molecular weight is 1030 g/mol. The first-order chi connectivity index (χ1) is 35.7. The minimum atomic E-state index is -1.44. The summed E-state index contributed by atoms with van der Waals surface area (Å²) < 4.78 is 33.8. The highest BCUT2D eigenvalue weighted by Crippen LogP contribution is 2.31. The zero-order valence-electron chi connectivity index (χ0n) is 43.5. The van der Waals surface area contributed by atoms with Crippen LogP contribution < -0.4 is 26.8 Å². The van der Waals surface area contributed by atoms with Crippen molar-refractivity contribution in [1.29, 1.82) is 0 Å². The molecule has 2 saturated heterocycles. The Kier molecular flexibility index (Phi) is 25.1. The van der Waals surface area contributed by atoms with Crippen LogP contribution >= 0.6 is 0 Å². The number of rotatable bonds is 31. The molecule has 2 fully saturated rings. The fourth-order valence-corrected chi connectivity index (χ4v) is 9.44. The lowest BCUT2D eigenvalue weighted by Crippen LogP contribution is -2.57. The van der Waals surface area contributed by atoms with Crippen LogP contribution in [0.25, 0.3) is 0 Å². The first kappa shape index (κ1) is 59.3. The molecule has 3 amide bonds. The van der Waals surface area contributed by atoms with Gasteiger partial charge < -0.3 is 60.0 Å². The van der Waals surface area contributed by atoms with Crippen LogP contribution in [0.4, 0.5) is 4.79 Å². The van der Waals surface area contributed by atoms with E-state index in [1.165, 1.54) is 0 Å². The number of amides is 3. The SMILES string of the molecule is CC(C)(C)C(OCCOCCOCCOCCNC(=O)[C@H](Cc1ccccc1)NC(=O)[C@@H](N)C(CC1CNCC[C@H]1C(=O)CC[N+]1(C(=O)OCc2ccccc2)CCCCC1)C(=O)OCc1ccccc1)C(=O)[O-]. The Balaban J connectivity index is 1.17. The third-order valence-corrected chi connectivity index (χ3v) is 13.6. The molecule has 0 bridgehead atoms. The normalized spacial score (nSPS) is 18.2. The maximum atomic E-state index is 14.3. The molecule has 406 valence electrons. The number of hydrogen-bond donors (Lipinski definition) is 4. The van der Waals surface area contributed by atoms with Gasteiger partial charge in [0.15, 0.2) is 0 Å². The van der Waals surface area contributed by atoms with Crippen molar-refractivity contribution < 1.29 is 66.8 Å². The summed E-state index contributed by atoms with van der Waals surface area (Å²) in [5.41, 5.74) is 8.58. The summed E-state index contributed by atoms with van der Waals surface area (Å²) >= 11 is 0. The minimum Gasteiger partial charge on any atom is -0.547 e. The molecule has 5 rings (SSSR count). The van der Waals surface area contributed by atoms with Crippen molar-refractivity contribution in [1.82, 2.24) is 16.0 Å². The van der Waals surface area contributed by atoms with Crippen molar-refractivity contribution in [3.05, 3.63) is 108 Å². The zero-order chi connectivity index (χ0) is 53.2. The number of ketones is 1. The van der Waals surface area contributed by atoms with Gasteiger partial charge >= 0.3 is 12.1 Å². The molecule has 0 aliphatic carbocycles. The number of carboxylic acid groups (broad SMARTS) is 1. The third-order valence-electron chi connectivity index (χ3n) is 13.6. The fraction of sp³-hybridized carbons (Fsp3) is 0.571. The Morgan fingerprint density at radius 2 is 1.28 bits per heavy atom. The maximum Gasteiger partial charge on any atom is 0.516 e. The maximum absolute atomic E-state index is 14.3. The number of ether oxygens (including phenoxy) is 6. The smallest absolute Gasteiger partial charge is 0.516 e. The average Bonchev–Trinajstić information content (AvgIpc) is 3.40. The molecule has 2 aliphatic rings. The van der Waals surface area contributed by atoms with E-state index in [1.54, 1.807) is 20.8 Å². The number of carbonyl (C=O) groups excluding carboxylic acids is 6. The van der Waals surface area contributed by atoms with Gasteiger partial charge in [0.05, 0.1) is 90.2 Å². The van der Waals surface area contributed by atoms with Gasteiger partial charge in [0.2, 0.25) is 11.8 Å². The van der Waals surface area contributed by atoms with E-state index in [9.17, 15) is 33.9 Å². The number of benzene rings is 3. The van der Waals surface area contributed by atoms with E-state index in [2.05, 4.69) is 16.0 Å². The van der Waals surface area contributed by atoms with Crippen molar-refractivity contribution >= 4 is 35.6 Å². The van der Waals surface area contributed by atoms with E-state index in [-0.39, 0.29) is 108 Å². The molecule has 0 radical (unpaired) electrons. The number of likely N-dealkylation sites (tertiary alicyclic amines) is 1. The summed E-state index contributed by atoms with van der Waals surface area (Å²) in [5, 5.41) is 20.4. The predicted molar refractivity (Wildman–Crippen MR) is 273 cm³/mol. The summed E-state index contributed by atoms with van der Waals surface area (Å²) in [7, 11) is 0. The van der Waals surface area contributed by atoms with Crippen molar-refractivity contribution in [3.8, 4) is 0 Å². The van der Waals surface area contributed by atoms with Crippen molar-refractivity contribution in [2.75, 3.05) is 85.5 Å². The first-order valence-corrected chi connectivity index (χ1v) is 26.1. The van der Waals surface area contributed by atoms with Gasteiger partial charge in [-0.1, -0.05) is 112 Å². The summed E-state index contributed by atoms with van der Waals surface area (Å²) in [6.07, 6.45) is 2.18. The Morgan fingerprint density at radius 1 is 0.730 bits per heavy atom. The van der Waals surface area contributed by atoms with E-state index in [1.807, 2.05) is 91.0 Å². The van der Waals surface area contributed by atoms with Crippen molar-refractivity contribution in [2.45, 2.75) is 97.1 Å². The van der Waals surface area contributed by atoms with Gasteiger partial charge in [0.1, 0.15) is 31.1 Å². The minimum absolute atomic E-state index is 0.0161. The lowest BCUT2D eigenvalue weighted by atomic mass is 9.75. The monoisotopic (exact) mass is 1030 g/mol. The second-order valence-corrected chi connectivity index (χ2v) is 20.3. The fourth-order valence-electron chi connectivity index (χ4n) is 9.44. The van der Waals surface area contributed by atoms with E-state index in [0.29, 0.717) is 39.1 Å². The van der Waals surface area contributed by atoms with E-state index in [0.717, 1.165) is 36.0 Å². The van der Waals surface area contributed by atoms with Crippen molar-refractivity contribution in [3.63, 3.8) is 0 Å². The number of Topliss-reactive ketones (excluding diaryl/α,β-unsaturated/α-hetero) is 1. The van der Waals surface area contributed by atoms with Crippen LogP contribution in [0, 0.1) is 23.2 Å². The van der Waals surface area contributed by atoms with Crippen LogP contribution in [0.2, 0.25) is 0 Å². The Bertz CT molecular complexity index is 2170. The predicted octanol–water partition coefficient (Wildman–Crippen LogP) is 3.66. The highest BCUT2D eigenvalue weighted by molar-refractivity contribution is 5.92. The highest BCUT2D eigenvalue weighted by atomic mass is 16.6. The van der Waals surface area contributed by atoms with Crippen LogP contribution in [-0.4, -0.2) is 144 Å². The lowest BCUT2D eigenvalue weighted by molar-refractivity contribution is -0.862. The van der Waals surface area contributed by atoms with E-state index < -0.39 is 59.2 Å². The molecule has 2 aliphatic heterocycles. The van der Waals surface area contributed by atoms with Gasteiger partial charge in [-0.05, 0) is 73.2 Å². The van der Waals surface area contributed by atoms with Gasteiger partial charge in [0.25, 0.3) is 0 Å². The second-order valence-electron chi connectivity index (χ2n) is 20.3. The second kappa shape index (κ2) is 31.3. The lowest BCUT2D eigenvalue weighted by Gasteiger charge is -2.38. The molecule has 3 aromatic rings. The largest absolute Gasteiger partial charge is 0.547 e. The highest BCUT2D eigenvalue weighted by Gasteiger charge is 2.43. The topological polar surface area (TPSA) is 243 Å². The number of nitrogens with two attached hydrogens (primary N) is 1. The number of esters is 1. The summed E-state index contributed by atoms with van der Waals surface area (Å²) in [5.74, 6) is -5.21. The Morgan fingerprint density at radius 3 is 1.86 bits per heavy atom. The third kappa shape index (κ3) is 19.9. The number of aliphatic carboxylic acids is 1. The number of nitrogens with zero attached hydrogens (tertiary/aromatic N) is 1. The summed E-state index contributed by atoms with van der Waals surface area (Å²) in [6, 6.07) is 25.3. The van der Waals surface area contributed by atoms with Crippen LogP contribution in [-0.2, 0) is 72.0 Å². The number of quaternary nitrogens is 1.